The summed E-state index contributed by atoms with van der Waals surface area (Å²) in [6.07, 6.45) is 20.2. The Bertz CT molecular complexity index is 1300. The first-order valence-electron chi connectivity index (χ1n) is 17.8. The molecule has 46 heavy (non-hydrogen) atoms. The molecule has 0 radical (unpaired) electrons. The van der Waals surface area contributed by atoms with E-state index in [1.165, 1.54) is 89.0 Å². The normalized spacial score (nSPS) is 11.1. The lowest BCUT2D eigenvalue weighted by Crippen LogP contribution is -2.39. The third kappa shape index (κ3) is 12.6. The van der Waals surface area contributed by atoms with Crippen molar-refractivity contribution in [3.05, 3.63) is 132 Å². The molecule has 0 bridgehead atoms. The molecule has 0 aliphatic carbocycles. The zero-order valence-corrected chi connectivity index (χ0v) is 28.2. The Labute approximate surface area is 279 Å². The molecular weight excluding hydrogens is 562 g/mol. The van der Waals surface area contributed by atoms with Crippen molar-refractivity contribution in [1.82, 2.24) is 0 Å². The van der Waals surface area contributed by atoms with Gasteiger partial charge < -0.3 is 10.8 Å². The zero-order chi connectivity index (χ0) is 32.7. The molecule has 3 nitrogen and oxygen atoms in total. The summed E-state index contributed by atoms with van der Waals surface area (Å²) in [7, 11) is 0. The Kier molecular flexibility index (Phi) is 17.5. The molecule has 0 aromatic heterocycles. The van der Waals surface area contributed by atoms with E-state index in [2.05, 4.69) is 79.7 Å². The molecule has 246 valence electrons. The quantitative estimate of drug-likeness (QED) is 0.0764. The van der Waals surface area contributed by atoms with Gasteiger partial charge in [-0.25, -0.2) is 0 Å². The van der Waals surface area contributed by atoms with E-state index in [-0.39, 0.29) is 0 Å². The van der Waals surface area contributed by atoms with Crippen LogP contribution in [0.2, 0.25) is 0 Å². The fourth-order valence-electron chi connectivity index (χ4n) is 6.22. The van der Waals surface area contributed by atoms with Gasteiger partial charge in [-0.15, -0.1) is 0 Å². The number of rotatable bonds is 20. The maximum Gasteiger partial charge on any atom is 0.303 e. The maximum absolute atomic E-state index is 10.3. The van der Waals surface area contributed by atoms with E-state index in [1.54, 1.807) is 0 Å². The molecule has 0 fully saturated rings. The Balaban J connectivity index is 0.000000262. The molecule has 0 spiro atoms. The van der Waals surface area contributed by atoms with Crippen LogP contribution in [0, 0.1) is 0 Å². The number of benzene rings is 4. The topological polar surface area (TPSA) is 63.3 Å². The first kappa shape index (κ1) is 36.8. The lowest BCUT2D eigenvalue weighted by molar-refractivity contribution is -0.137. The van der Waals surface area contributed by atoms with Crippen LogP contribution >= 0.6 is 0 Å². The third-order valence-corrected chi connectivity index (χ3v) is 8.89. The highest BCUT2D eigenvalue weighted by atomic mass is 16.4. The van der Waals surface area contributed by atoms with Crippen molar-refractivity contribution in [3.63, 3.8) is 0 Å². The van der Waals surface area contributed by atoms with Crippen molar-refractivity contribution in [3.8, 4) is 11.1 Å². The van der Waals surface area contributed by atoms with Gasteiger partial charge in [0.1, 0.15) is 0 Å². The predicted octanol–water partition coefficient (Wildman–Crippen LogP) is 11.9. The van der Waals surface area contributed by atoms with Gasteiger partial charge in [-0.1, -0.05) is 212 Å². The fourth-order valence-corrected chi connectivity index (χ4v) is 6.22. The van der Waals surface area contributed by atoms with Crippen molar-refractivity contribution in [2.24, 2.45) is 5.73 Å². The zero-order valence-electron chi connectivity index (χ0n) is 28.2. The van der Waals surface area contributed by atoms with E-state index in [0.717, 1.165) is 35.1 Å². The molecule has 0 amide bonds. The van der Waals surface area contributed by atoms with Crippen LogP contribution in [0.1, 0.15) is 126 Å². The molecular formula is C43H57NO2. The largest absolute Gasteiger partial charge is 0.481 e. The molecule has 0 saturated carbocycles. The number of hydrogen-bond donors (Lipinski definition) is 2. The minimum Gasteiger partial charge on any atom is -0.481 e. The Morgan fingerprint density at radius 2 is 0.891 bits per heavy atom. The van der Waals surface area contributed by atoms with Crippen LogP contribution in [-0.2, 0) is 10.3 Å². The van der Waals surface area contributed by atoms with Gasteiger partial charge >= 0.3 is 5.97 Å². The summed E-state index contributed by atoms with van der Waals surface area (Å²) in [5.41, 5.74) is 12.1. The van der Waals surface area contributed by atoms with Crippen LogP contribution < -0.4 is 5.73 Å². The van der Waals surface area contributed by atoms with Crippen molar-refractivity contribution in [2.45, 2.75) is 115 Å². The predicted molar refractivity (Wildman–Crippen MR) is 196 cm³/mol. The Hall–Kier alpha value is -3.69. The Morgan fingerprint density at radius 3 is 1.33 bits per heavy atom. The number of carboxylic acid groups (broad SMARTS) is 1. The minimum atomic E-state index is -0.727. The highest BCUT2D eigenvalue weighted by Gasteiger charge is 2.33. The van der Waals surface area contributed by atoms with Crippen molar-refractivity contribution < 1.29 is 9.90 Å². The highest BCUT2D eigenvalue weighted by molar-refractivity contribution is 5.71. The maximum atomic E-state index is 10.3. The van der Waals surface area contributed by atoms with Gasteiger partial charge in [-0.3, -0.25) is 4.79 Å². The second kappa shape index (κ2) is 21.9. The van der Waals surface area contributed by atoms with Gasteiger partial charge in [0.25, 0.3) is 0 Å². The summed E-state index contributed by atoms with van der Waals surface area (Å²) in [5, 5.41) is 8.52. The fraction of sp³-hybridized carbons (Fsp3) is 0.419. The lowest BCUT2D eigenvalue weighted by Gasteiger charge is -2.33. The summed E-state index contributed by atoms with van der Waals surface area (Å²) in [4.78, 5) is 10.3. The van der Waals surface area contributed by atoms with Crippen LogP contribution in [0.15, 0.2) is 115 Å². The third-order valence-electron chi connectivity index (χ3n) is 8.89. The summed E-state index contributed by atoms with van der Waals surface area (Å²) < 4.78 is 0. The number of carboxylic acids is 1. The van der Waals surface area contributed by atoms with Gasteiger partial charge in [0.15, 0.2) is 0 Å². The monoisotopic (exact) mass is 619 g/mol. The SMILES string of the molecule is CCCCCCCCCCCCCCCCCC(=O)O.NC(c1ccccc1)(c1ccccc1)c1ccccc1-c1ccccc1. The smallest absolute Gasteiger partial charge is 0.303 e. The molecule has 0 heterocycles. The first-order valence-corrected chi connectivity index (χ1v) is 17.8. The van der Waals surface area contributed by atoms with Crippen molar-refractivity contribution in [1.29, 1.82) is 0 Å². The Morgan fingerprint density at radius 1 is 0.522 bits per heavy atom. The second-order valence-corrected chi connectivity index (χ2v) is 12.5. The van der Waals surface area contributed by atoms with E-state index in [9.17, 15) is 4.79 Å². The second-order valence-electron chi connectivity index (χ2n) is 12.5. The molecule has 0 aliphatic rings. The van der Waals surface area contributed by atoms with Gasteiger partial charge in [0, 0.05) is 6.42 Å². The summed E-state index contributed by atoms with van der Waals surface area (Å²) in [6, 6.07) is 39.5. The van der Waals surface area contributed by atoms with Crippen LogP contribution in [-0.4, -0.2) is 11.1 Å². The van der Waals surface area contributed by atoms with Gasteiger partial charge in [-0.05, 0) is 34.2 Å². The van der Waals surface area contributed by atoms with E-state index < -0.39 is 11.5 Å². The molecule has 0 saturated heterocycles. The van der Waals surface area contributed by atoms with Crippen LogP contribution in [0.25, 0.3) is 11.1 Å². The van der Waals surface area contributed by atoms with E-state index in [0.29, 0.717) is 6.42 Å². The average Bonchev–Trinajstić information content (AvgIpc) is 3.11. The number of carbonyl (C=O) groups is 1. The minimum absolute atomic E-state index is 0.345. The summed E-state index contributed by atoms with van der Waals surface area (Å²) >= 11 is 0. The number of hydrogen-bond acceptors (Lipinski definition) is 2. The molecule has 0 aliphatic heterocycles. The van der Waals surface area contributed by atoms with Gasteiger partial charge in [0.05, 0.1) is 5.54 Å². The van der Waals surface area contributed by atoms with E-state index in [1.807, 2.05) is 42.5 Å². The molecule has 3 heteroatoms. The molecule has 4 rings (SSSR count). The molecule has 0 unspecified atom stereocenters. The molecule has 4 aromatic rings. The first-order chi connectivity index (χ1) is 22.6. The van der Waals surface area contributed by atoms with Crippen molar-refractivity contribution in [2.75, 3.05) is 0 Å². The number of aliphatic carboxylic acids is 1. The van der Waals surface area contributed by atoms with E-state index >= 15 is 0 Å². The van der Waals surface area contributed by atoms with Gasteiger partial charge in [-0.2, -0.15) is 0 Å². The summed E-state index contributed by atoms with van der Waals surface area (Å²) in [6.45, 7) is 2.27. The highest BCUT2D eigenvalue weighted by Crippen LogP contribution is 2.39. The average molecular weight is 620 g/mol. The standard InChI is InChI=1S/C25H21N.C18H36O2/c26-25(21-14-6-2-7-15-21,22-16-8-3-9-17-22)24-19-11-10-18-23(24)20-12-4-1-5-13-20;1-2-3-4-5-6-7-8-9-10-11-12-13-14-15-16-17-18(19)20/h1-19H,26H2;2-17H2,1H3,(H,19,20). The molecule has 3 N–H and O–H groups in total. The van der Waals surface area contributed by atoms with Crippen LogP contribution in [0.5, 0.6) is 0 Å². The molecule has 4 aromatic carbocycles. The van der Waals surface area contributed by atoms with Crippen LogP contribution in [0.4, 0.5) is 0 Å². The lowest BCUT2D eigenvalue weighted by atomic mass is 9.75. The van der Waals surface area contributed by atoms with E-state index in [4.69, 9.17) is 10.8 Å². The van der Waals surface area contributed by atoms with Crippen molar-refractivity contribution >= 4 is 5.97 Å². The van der Waals surface area contributed by atoms with Crippen LogP contribution in [0.3, 0.4) is 0 Å². The number of unbranched alkanes of at least 4 members (excludes halogenated alkanes) is 14. The number of nitrogens with two attached hydrogens (primary N) is 1. The molecule has 0 atom stereocenters. The van der Waals surface area contributed by atoms with Gasteiger partial charge in [0.2, 0.25) is 0 Å². The summed E-state index contributed by atoms with van der Waals surface area (Å²) in [5.74, 6) is -0.653.